The largest absolute Gasteiger partial charge is 0.340 e. The molecule has 0 bridgehead atoms. The molecule has 0 fully saturated rings. The summed E-state index contributed by atoms with van der Waals surface area (Å²) in [6.07, 6.45) is 0. The van der Waals surface area contributed by atoms with E-state index < -0.39 is 0 Å². The minimum absolute atomic E-state index is 0.114. The number of nitrogens with zero attached hydrogens (tertiary/aromatic N) is 1. The number of hydrogen-bond donors (Lipinski definition) is 2. The summed E-state index contributed by atoms with van der Waals surface area (Å²) in [6, 6.07) is 25.0. The van der Waals surface area contributed by atoms with Crippen molar-refractivity contribution in [3.8, 4) is 0 Å². The average molecular weight is 341 g/mol. The maximum absolute atomic E-state index is 12.9. The zero-order valence-electron chi connectivity index (χ0n) is 14.4. The van der Waals surface area contributed by atoms with Crippen LogP contribution in [0.1, 0.15) is 33.4 Å². The average Bonchev–Trinajstić information content (AvgIpc) is 3.11. The first-order valence-electron chi connectivity index (χ1n) is 8.58. The Kier molecular flexibility index (Phi) is 4.23. The second-order valence-electron chi connectivity index (χ2n) is 6.27. The molecular formula is C22H19N3O. The lowest BCUT2D eigenvalue weighted by Crippen LogP contribution is -2.30. The molecule has 0 saturated carbocycles. The van der Waals surface area contributed by atoms with Gasteiger partial charge in [-0.2, -0.15) is 0 Å². The van der Waals surface area contributed by atoms with Gasteiger partial charge in [0.05, 0.1) is 11.0 Å². The number of benzene rings is 3. The van der Waals surface area contributed by atoms with Crippen molar-refractivity contribution in [1.29, 1.82) is 0 Å². The van der Waals surface area contributed by atoms with Gasteiger partial charge in [0.1, 0.15) is 11.9 Å². The summed E-state index contributed by atoms with van der Waals surface area (Å²) >= 11 is 0. The summed E-state index contributed by atoms with van der Waals surface area (Å²) < 4.78 is 0. The Bertz CT molecular complexity index is 1020. The van der Waals surface area contributed by atoms with Gasteiger partial charge >= 0.3 is 0 Å². The zero-order chi connectivity index (χ0) is 17.9. The van der Waals surface area contributed by atoms with E-state index in [1.807, 2.05) is 85.8 Å². The Hall–Kier alpha value is -3.40. The van der Waals surface area contributed by atoms with Crippen molar-refractivity contribution in [2.24, 2.45) is 0 Å². The van der Waals surface area contributed by atoms with Crippen molar-refractivity contribution in [1.82, 2.24) is 15.3 Å². The molecule has 4 rings (SSSR count). The molecule has 0 aliphatic heterocycles. The lowest BCUT2D eigenvalue weighted by Gasteiger charge is -2.18. The van der Waals surface area contributed by atoms with Crippen LogP contribution in [0.5, 0.6) is 0 Å². The Morgan fingerprint density at radius 2 is 1.62 bits per heavy atom. The lowest BCUT2D eigenvalue weighted by atomic mass is 10.0. The minimum atomic E-state index is -0.351. The Morgan fingerprint density at radius 3 is 2.38 bits per heavy atom. The van der Waals surface area contributed by atoms with Crippen molar-refractivity contribution < 1.29 is 4.79 Å². The van der Waals surface area contributed by atoms with Crippen LogP contribution in [-0.2, 0) is 0 Å². The number of para-hydroxylation sites is 2. The summed E-state index contributed by atoms with van der Waals surface area (Å²) in [4.78, 5) is 20.9. The van der Waals surface area contributed by atoms with Gasteiger partial charge in [0.15, 0.2) is 0 Å². The number of aromatic nitrogens is 2. The topological polar surface area (TPSA) is 57.8 Å². The number of carbonyl (C=O) groups excluding carboxylic acids is 1. The standard InChI is InChI=1S/C22H19N3O/c1-15-9-5-6-12-17(15)22(26)25-20(16-10-3-2-4-11-16)21-23-18-13-7-8-14-19(18)24-21/h2-14,20H,1H3,(H,23,24)(H,25,26). The molecule has 2 N–H and O–H groups in total. The second-order valence-corrected chi connectivity index (χ2v) is 6.27. The van der Waals surface area contributed by atoms with Crippen LogP contribution in [0.15, 0.2) is 78.9 Å². The number of nitrogens with one attached hydrogen (secondary N) is 2. The van der Waals surface area contributed by atoms with Crippen LogP contribution < -0.4 is 5.32 Å². The molecular weight excluding hydrogens is 322 g/mol. The van der Waals surface area contributed by atoms with Crippen LogP contribution in [-0.4, -0.2) is 15.9 Å². The normalized spacial score (nSPS) is 12.0. The summed E-state index contributed by atoms with van der Waals surface area (Å²) in [5, 5.41) is 3.13. The van der Waals surface area contributed by atoms with E-state index in [4.69, 9.17) is 0 Å². The van der Waals surface area contributed by atoms with E-state index in [2.05, 4.69) is 15.3 Å². The molecule has 4 heteroatoms. The molecule has 0 radical (unpaired) electrons. The molecule has 1 unspecified atom stereocenters. The third kappa shape index (κ3) is 3.09. The molecule has 3 aromatic carbocycles. The van der Waals surface area contributed by atoms with Gasteiger partial charge < -0.3 is 10.3 Å². The van der Waals surface area contributed by atoms with E-state index in [1.165, 1.54) is 0 Å². The predicted molar refractivity (Wildman–Crippen MR) is 103 cm³/mol. The molecule has 1 amide bonds. The second kappa shape index (κ2) is 6.84. The van der Waals surface area contributed by atoms with Crippen molar-refractivity contribution in [2.45, 2.75) is 13.0 Å². The highest BCUT2D eigenvalue weighted by Crippen LogP contribution is 2.23. The fourth-order valence-corrected chi connectivity index (χ4v) is 3.10. The number of H-pyrrole nitrogens is 1. The van der Waals surface area contributed by atoms with Gasteiger partial charge in [-0.15, -0.1) is 0 Å². The number of aryl methyl sites for hydroxylation is 1. The van der Waals surface area contributed by atoms with Crippen molar-refractivity contribution >= 4 is 16.9 Å². The van der Waals surface area contributed by atoms with E-state index >= 15 is 0 Å². The van der Waals surface area contributed by atoms with Gasteiger partial charge in [0.25, 0.3) is 5.91 Å². The minimum Gasteiger partial charge on any atom is -0.340 e. The van der Waals surface area contributed by atoms with E-state index in [9.17, 15) is 4.79 Å². The molecule has 26 heavy (non-hydrogen) atoms. The Morgan fingerprint density at radius 1 is 0.923 bits per heavy atom. The van der Waals surface area contributed by atoms with E-state index in [1.54, 1.807) is 0 Å². The van der Waals surface area contributed by atoms with Crippen LogP contribution >= 0.6 is 0 Å². The summed E-state index contributed by atoms with van der Waals surface area (Å²) in [7, 11) is 0. The van der Waals surface area contributed by atoms with Gasteiger partial charge in [0.2, 0.25) is 0 Å². The van der Waals surface area contributed by atoms with E-state index in [-0.39, 0.29) is 11.9 Å². The van der Waals surface area contributed by atoms with E-state index in [0.29, 0.717) is 5.56 Å². The number of hydrogen-bond acceptors (Lipinski definition) is 2. The van der Waals surface area contributed by atoms with Gasteiger partial charge in [-0.05, 0) is 36.2 Å². The summed E-state index contributed by atoms with van der Waals surface area (Å²) in [6.45, 7) is 1.94. The highest BCUT2D eigenvalue weighted by Gasteiger charge is 2.21. The van der Waals surface area contributed by atoms with E-state index in [0.717, 1.165) is 28.0 Å². The Labute approximate surface area is 151 Å². The maximum atomic E-state index is 12.9. The molecule has 4 aromatic rings. The molecule has 1 atom stereocenters. The first-order chi connectivity index (χ1) is 12.7. The number of amides is 1. The van der Waals surface area contributed by atoms with Crippen molar-refractivity contribution in [3.63, 3.8) is 0 Å². The third-order valence-corrected chi connectivity index (χ3v) is 4.48. The number of imidazole rings is 1. The SMILES string of the molecule is Cc1ccccc1C(=O)NC(c1ccccc1)c1nc2ccccc2[nH]1. The highest BCUT2D eigenvalue weighted by atomic mass is 16.1. The molecule has 0 saturated heterocycles. The molecule has 0 spiro atoms. The molecule has 4 nitrogen and oxygen atoms in total. The maximum Gasteiger partial charge on any atom is 0.252 e. The first-order valence-corrected chi connectivity index (χ1v) is 8.58. The predicted octanol–water partition coefficient (Wildman–Crippen LogP) is 4.39. The van der Waals surface area contributed by atoms with Gasteiger partial charge in [-0.3, -0.25) is 4.79 Å². The number of rotatable bonds is 4. The third-order valence-electron chi connectivity index (χ3n) is 4.48. The first kappa shape index (κ1) is 16.1. The highest BCUT2D eigenvalue weighted by molar-refractivity contribution is 5.96. The van der Waals surface area contributed by atoms with Crippen LogP contribution in [0.3, 0.4) is 0 Å². The molecule has 0 aliphatic carbocycles. The van der Waals surface area contributed by atoms with Gasteiger partial charge in [-0.25, -0.2) is 4.98 Å². The smallest absolute Gasteiger partial charge is 0.252 e. The van der Waals surface area contributed by atoms with Gasteiger partial charge in [0, 0.05) is 5.56 Å². The van der Waals surface area contributed by atoms with Crippen LogP contribution in [0.2, 0.25) is 0 Å². The van der Waals surface area contributed by atoms with Crippen LogP contribution in [0.25, 0.3) is 11.0 Å². The number of aromatic amines is 1. The number of carbonyl (C=O) groups is 1. The van der Waals surface area contributed by atoms with Crippen LogP contribution in [0.4, 0.5) is 0 Å². The fourth-order valence-electron chi connectivity index (χ4n) is 3.10. The van der Waals surface area contributed by atoms with Gasteiger partial charge in [-0.1, -0.05) is 60.7 Å². The fraction of sp³-hybridized carbons (Fsp3) is 0.0909. The number of fused-ring (bicyclic) bond motifs is 1. The lowest BCUT2D eigenvalue weighted by molar-refractivity contribution is 0.0941. The van der Waals surface area contributed by atoms with Crippen LogP contribution in [0, 0.1) is 6.92 Å². The van der Waals surface area contributed by atoms with Crippen molar-refractivity contribution in [2.75, 3.05) is 0 Å². The zero-order valence-corrected chi connectivity index (χ0v) is 14.4. The molecule has 0 aliphatic rings. The monoisotopic (exact) mass is 341 g/mol. The Balaban J connectivity index is 1.74. The molecule has 128 valence electrons. The summed E-state index contributed by atoms with van der Waals surface area (Å²) in [5.74, 6) is 0.608. The molecule has 1 heterocycles. The quantitative estimate of drug-likeness (QED) is 0.578. The molecule has 1 aromatic heterocycles. The summed E-state index contributed by atoms with van der Waals surface area (Å²) in [5.41, 5.74) is 4.43. The van der Waals surface area contributed by atoms with Crippen molar-refractivity contribution in [3.05, 3.63) is 101 Å².